The molecule has 1 heterocycles. The van der Waals surface area contributed by atoms with Gasteiger partial charge in [-0.25, -0.2) is 4.79 Å². The van der Waals surface area contributed by atoms with Gasteiger partial charge in [-0.3, -0.25) is 9.69 Å². The highest BCUT2D eigenvalue weighted by atomic mass is 32.2. The van der Waals surface area contributed by atoms with Crippen LogP contribution < -0.4 is 5.32 Å². The highest BCUT2D eigenvalue weighted by Crippen LogP contribution is 2.17. The molecule has 108 valence electrons. The Morgan fingerprint density at radius 3 is 2.45 bits per heavy atom. The van der Waals surface area contributed by atoms with Crippen molar-refractivity contribution in [3.63, 3.8) is 0 Å². The maximum absolute atomic E-state index is 12.2. The Balaban J connectivity index is 2.09. The first-order valence-corrected chi connectivity index (χ1v) is 8.08. The first-order chi connectivity index (χ1) is 9.51. The van der Waals surface area contributed by atoms with Gasteiger partial charge in [-0.15, -0.1) is 0 Å². The molecule has 1 aliphatic heterocycles. The van der Waals surface area contributed by atoms with Crippen LogP contribution in [0.25, 0.3) is 0 Å². The zero-order valence-corrected chi connectivity index (χ0v) is 12.9. The predicted octanol–water partition coefficient (Wildman–Crippen LogP) is 2.48. The Kier molecular flexibility index (Phi) is 4.70. The molecular weight excluding hydrogens is 272 g/mol. The number of benzene rings is 1. The lowest BCUT2D eigenvalue weighted by Gasteiger charge is -2.14. The third-order valence-corrected chi connectivity index (χ3v) is 3.98. The van der Waals surface area contributed by atoms with Gasteiger partial charge in [0.1, 0.15) is 6.04 Å². The number of urea groups is 1. The molecule has 1 N–H and O–H groups in total. The molecule has 0 radical (unpaired) electrons. The van der Waals surface area contributed by atoms with Crippen LogP contribution in [0.15, 0.2) is 18.2 Å². The second-order valence-electron chi connectivity index (χ2n) is 5.20. The fourth-order valence-corrected chi connectivity index (χ4v) is 2.97. The minimum absolute atomic E-state index is 0.108. The van der Waals surface area contributed by atoms with E-state index >= 15 is 0 Å². The van der Waals surface area contributed by atoms with E-state index in [1.54, 1.807) is 11.8 Å². The summed E-state index contributed by atoms with van der Waals surface area (Å²) in [6.45, 7) is 4.39. The summed E-state index contributed by atoms with van der Waals surface area (Å²) in [5.74, 6) is 0.761. The number of hydrogen-bond acceptors (Lipinski definition) is 3. The van der Waals surface area contributed by atoms with E-state index in [4.69, 9.17) is 0 Å². The Hall–Kier alpha value is -1.49. The van der Waals surface area contributed by atoms with E-state index in [0.717, 1.165) is 22.4 Å². The zero-order chi connectivity index (χ0) is 14.7. The van der Waals surface area contributed by atoms with Crippen molar-refractivity contribution in [1.82, 2.24) is 10.2 Å². The highest BCUT2D eigenvalue weighted by Gasteiger charge is 2.37. The second kappa shape index (κ2) is 6.31. The lowest BCUT2D eigenvalue weighted by atomic mass is 10.1. The summed E-state index contributed by atoms with van der Waals surface area (Å²) in [5, 5.41) is 2.76. The van der Waals surface area contributed by atoms with Gasteiger partial charge < -0.3 is 5.32 Å². The summed E-state index contributed by atoms with van der Waals surface area (Å²) < 4.78 is 0. The van der Waals surface area contributed by atoms with Gasteiger partial charge >= 0.3 is 6.03 Å². The lowest BCUT2D eigenvalue weighted by molar-refractivity contribution is -0.127. The van der Waals surface area contributed by atoms with E-state index in [0.29, 0.717) is 13.0 Å². The van der Waals surface area contributed by atoms with Crippen LogP contribution >= 0.6 is 11.8 Å². The third kappa shape index (κ3) is 3.33. The topological polar surface area (TPSA) is 49.4 Å². The van der Waals surface area contributed by atoms with E-state index in [1.165, 1.54) is 4.90 Å². The van der Waals surface area contributed by atoms with E-state index < -0.39 is 0 Å². The predicted molar refractivity (Wildman–Crippen MR) is 81.8 cm³/mol. The van der Waals surface area contributed by atoms with Crippen molar-refractivity contribution in [3.05, 3.63) is 34.9 Å². The number of hydrogen-bond donors (Lipinski definition) is 1. The number of carbonyl (C=O) groups is 2. The first-order valence-electron chi connectivity index (χ1n) is 6.69. The van der Waals surface area contributed by atoms with Crippen LogP contribution in [-0.4, -0.2) is 34.9 Å². The van der Waals surface area contributed by atoms with Gasteiger partial charge in [-0.05, 0) is 37.8 Å². The molecule has 3 amide bonds. The molecule has 1 aliphatic rings. The molecule has 0 aliphatic carbocycles. The number of rotatable bonds is 5. The molecule has 1 fully saturated rings. The van der Waals surface area contributed by atoms with Gasteiger partial charge in [-0.1, -0.05) is 29.3 Å². The maximum atomic E-state index is 12.2. The largest absolute Gasteiger partial charge is 0.326 e. The van der Waals surface area contributed by atoms with E-state index in [1.807, 2.05) is 32.2 Å². The minimum atomic E-state index is -0.360. The molecule has 1 atom stereocenters. The molecule has 0 unspecified atom stereocenters. The van der Waals surface area contributed by atoms with Crippen LogP contribution in [0.5, 0.6) is 0 Å². The normalized spacial score (nSPS) is 18.6. The number of nitrogens with zero attached hydrogens (tertiary/aromatic N) is 1. The fourth-order valence-electron chi connectivity index (χ4n) is 2.50. The van der Waals surface area contributed by atoms with Crippen molar-refractivity contribution in [1.29, 1.82) is 0 Å². The quantitative estimate of drug-likeness (QED) is 0.848. The van der Waals surface area contributed by atoms with Crippen molar-refractivity contribution in [2.75, 3.05) is 12.0 Å². The molecule has 0 spiro atoms. The second-order valence-corrected chi connectivity index (χ2v) is 6.19. The molecule has 0 aromatic heterocycles. The monoisotopic (exact) mass is 292 g/mol. The van der Waals surface area contributed by atoms with Gasteiger partial charge in [0.15, 0.2) is 0 Å². The van der Waals surface area contributed by atoms with Crippen LogP contribution in [-0.2, 0) is 11.3 Å². The molecule has 0 bridgehead atoms. The van der Waals surface area contributed by atoms with Crippen molar-refractivity contribution in [2.45, 2.75) is 32.9 Å². The summed E-state index contributed by atoms with van der Waals surface area (Å²) in [5.41, 5.74) is 3.29. The minimum Gasteiger partial charge on any atom is -0.326 e. The summed E-state index contributed by atoms with van der Waals surface area (Å²) in [7, 11) is 0. The van der Waals surface area contributed by atoms with E-state index in [-0.39, 0.29) is 18.0 Å². The van der Waals surface area contributed by atoms with Crippen molar-refractivity contribution < 1.29 is 9.59 Å². The van der Waals surface area contributed by atoms with E-state index in [9.17, 15) is 9.59 Å². The summed E-state index contributed by atoms with van der Waals surface area (Å²) in [4.78, 5) is 25.5. The Labute approximate surface area is 123 Å². The molecule has 1 aromatic rings. The highest BCUT2D eigenvalue weighted by molar-refractivity contribution is 7.98. The lowest BCUT2D eigenvalue weighted by Crippen LogP contribution is -2.31. The standard InChI is InChI=1S/C15H20N2O2S/c1-10-6-11(2)8-12(7-10)9-17-14(18)13(4-5-20-3)16-15(17)19/h6-8,13H,4-5,9H2,1-3H3,(H,16,19)/t13-/m0/s1. The molecular formula is C15H20N2O2S. The molecule has 5 heteroatoms. The van der Waals surface area contributed by atoms with Crippen molar-refractivity contribution >= 4 is 23.7 Å². The molecule has 20 heavy (non-hydrogen) atoms. The van der Waals surface area contributed by atoms with Gasteiger partial charge in [0.25, 0.3) is 5.91 Å². The molecule has 4 nitrogen and oxygen atoms in total. The first kappa shape index (κ1) is 14.9. The Morgan fingerprint density at radius 1 is 1.20 bits per heavy atom. The molecule has 1 aromatic carbocycles. The van der Waals surface area contributed by atoms with Crippen LogP contribution in [0.3, 0.4) is 0 Å². The summed E-state index contributed by atoms with van der Waals surface area (Å²) in [6.07, 6.45) is 2.68. The third-order valence-electron chi connectivity index (χ3n) is 3.34. The van der Waals surface area contributed by atoms with Crippen LogP contribution in [0, 0.1) is 13.8 Å². The average Bonchev–Trinajstić information content (AvgIpc) is 2.63. The SMILES string of the molecule is CSCC[C@@H]1NC(=O)N(Cc2cc(C)cc(C)c2)C1=O. The molecule has 1 saturated heterocycles. The number of nitrogens with one attached hydrogen (secondary N) is 1. The Bertz CT molecular complexity index is 510. The van der Waals surface area contributed by atoms with Gasteiger partial charge in [-0.2, -0.15) is 11.8 Å². The number of thioether (sulfide) groups is 1. The maximum Gasteiger partial charge on any atom is 0.325 e. The number of aryl methyl sites for hydroxylation is 2. The number of carbonyl (C=O) groups excluding carboxylic acids is 2. The van der Waals surface area contributed by atoms with Crippen LogP contribution in [0.4, 0.5) is 4.79 Å². The van der Waals surface area contributed by atoms with Crippen molar-refractivity contribution in [2.24, 2.45) is 0 Å². The Morgan fingerprint density at radius 2 is 1.85 bits per heavy atom. The zero-order valence-electron chi connectivity index (χ0n) is 12.1. The molecule has 0 saturated carbocycles. The van der Waals surface area contributed by atoms with Crippen molar-refractivity contribution in [3.8, 4) is 0 Å². The van der Waals surface area contributed by atoms with Gasteiger partial charge in [0.05, 0.1) is 6.54 Å². The summed E-state index contributed by atoms with van der Waals surface area (Å²) >= 11 is 1.68. The fraction of sp³-hybridized carbons (Fsp3) is 0.467. The number of imide groups is 1. The number of amides is 3. The smallest absolute Gasteiger partial charge is 0.325 e. The molecule has 2 rings (SSSR count). The summed E-state index contributed by atoms with van der Waals surface area (Å²) in [6, 6.07) is 5.48. The van der Waals surface area contributed by atoms with Crippen LogP contribution in [0.2, 0.25) is 0 Å². The van der Waals surface area contributed by atoms with Gasteiger partial charge in [0, 0.05) is 0 Å². The van der Waals surface area contributed by atoms with Crippen LogP contribution in [0.1, 0.15) is 23.1 Å². The van der Waals surface area contributed by atoms with E-state index in [2.05, 4.69) is 11.4 Å². The average molecular weight is 292 g/mol. The van der Waals surface area contributed by atoms with Gasteiger partial charge in [0.2, 0.25) is 0 Å².